The van der Waals surface area contributed by atoms with E-state index in [1.807, 2.05) is 0 Å². The first kappa shape index (κ1) is 34.6. The Morgan fingerprint density at radius 2 is 1.28 bits per heavy atom. The van der Waals surface area contributed by atoms with E-state index in [4.69, 9.17) is 18.9 Å². The third-order valence-corrected chi connectivity index (χ3v) is 7.51. The maximum atomic E-state index is 11.9. The summed E-state index contributed by atoms with van der Waals surface area (Å²) in [5, 5.41) is 63.4. The van der Waals surface area contributed by atoms with Crippen LogP contribution in [0.25, 0.3) is 0 Å². The first-order valence-electron chi connectivity index (χ1n) is 14.1. The quantitative estimate of drug-likeness (QED) is 0.0775. The van der Waals surface area contributed by atoms with Crippen molar-refractivity contribution in [3.63, 3.8) is 0 Å². The van der Waals surface area contributed by atoms with Crippen LogP contribution in [0.2, 0.25) is 0 Å². The minimum atomic E-state index is -1.71. The number of unbranched alkanes of at least 4 members (excludes halogenated alkanes) is 9. The van der Waals surface area contributed by atoms with Crippen molar-refractivity contribution in [3.05, 3.63) is 0 Å². The highest BCUT2D eigenvalue weighted by Crippen LogP contribution is 2.29. The number of amides is 1. The number of aliphatic hydroxyl groups is 6. The molecule has 10 atom stereocenters. The molecule has 0 aliphatic carbocycles. The van der Waals surface area contributed by atoms with Crippen LogP contribution < -0.4 is 5.32 Å². The van der Waals surface area contributed by atoms with Crippen LogP contribution >= 0.6 is 12.6 Å². The fraction of sp³-hybridized carbons (Fsp3) is 0.962. The van der Waals surface area contributed by atoms with Crippen LogP contribution in [-0.2, 0) is 23.7 Å². The number of hydrogen-bond acceptors (Lipinski definition) is 12. The number of thiol groups is 1. The van der Waals surface area contributed by atoms with Gasteiger partial charge in [-0.3, -0.25) is 4.79 Å². The monoisotopic (exact) mass is 583 g/mol. The van der Waals surface area contributed by atoms with Crippen molar-refractivity contribution in [2.24, 2.45) is 0 Å². The number of ether oxygens (including phenoxy) is 4. The molecule has 1 amide bonds. The van der Waals surface area contributed by atoms with Crippen LogP contribution in [0.5, 0.6) is 0 Å². The molecule has 2 rings (SSSR count). The van der Waals surface area contributed by atoms with Crippen LogP contribution in [0, 0.1) is 0 Å². The Kier molecular flexibility index (Phi) is 16.7. The van der Waals surface area contributed by atoms with Crippen molar-refractivity contribution in [1.82, 2.24) is 5.32 Å². The Morgan fingerprint density at radius 3 is 1.82 bits per heavy atom. The van der Waals surface area contributed by atoms with Crippen molar-refractivity contribution in [1.29, 1.82) is 0 Å². The molecule has 12 nitrogen and oxygen atoms in total. The topological polar surface area (TPSA) is 187 Å². The van der Waals surface area contributed by atoms with Gasteiger partial charge in [-0.05, 0) is 18.6 Å². The summed E-state index contributed by atoms with van der Waals surface area (Å²) in [5.74, 6) is 0.506. The summed E-state index contributed by atoms with van der Waals surface area (Å²) >= 11 is 4.23. The van der Waals surface area contributed by atoms with Crippen LogP contribution in [0.1, 0.15) is 71.1 Å². The van der Waals surface area contributed by atoms with E-state index in [2.05, 4.69) is 17.9 Å². The van der Waals surface area contributed by atoms with Crippen molar-refractivity contribution in [2.45, 2.75) is 132 Å². The van der Waals surface area contributed by atoms with Gasteiger partial charge >= 0.3 is 0 Å². The van der Waals surface area contributed by atoms with Crippen molar-refractivity contribution < 1.29 is 54.4 Å². The molecule has 230 valence electrons. The molecule has 2 aliphatic rings. The molecule has 7 N–H and O–H groups in total. The number of hydrogen-bond donors (Lipinski definition) is 8. The molecule has 13 heteroatoms. The standard InChI is InChI=1S/C26H49NO11S/c1-16(30)27-19-21(32)24(38-26-23(34)22(33)20(31)17(14-28)36-26)18(15-29)37-25(19)35-12-10-8-6-4-2-3-5-7-9-11-13-39/h17-26,28-29,31-34,39H,2-15H2,1H3,(H,27,30)/t17-,18-,19-,20+,21-,22+,23-,24-,25+,26+/m1/s1. The number of rotatable bonds is 18. The van der Waals surface area contributed by atoms with Gasteiger partial charge in [-0.2, -0.15) is 12.6 Å². The summed E-state index contributed by atoms with van der Waals surface area (Å²) < 4.78 is 22.7. The molecule has 2 aliphatic heterocycles. The number of aliphatic hydroxyl groups excluding tert-OH is 6. The highest BCUT2D eigenvalue weighted by atomic mass is 32.1. The lowest BCUT2D eigenvalue weighted by Crippen LogP contribution is -2.67. The molecule has 0 bridgehead atoms. The Bertz CT molecular complexity index is 676. The molecule has 0 aromatic rings. The molecule has 39 heavy (non-hydrogen) atoms. The summed E-state index contributed by atoms with van der Waals surface area (Å²) in [4.78, 5) is 11.9. The number of carbonyl (C=O) groups is 1. The Morgan fingerprint density at radius 1 is 0.744 bits per heavy atom. The lowest BCUT2D eigenvalue weighted by atomic mass is 9.95. The molecule has 0 spiro atoms. The maximum Gasteiger partial charge on any atom is 0.217 e. The van der Waals surface area contributed by atoms with Gasteiger partial charge in [0.15, 0.2) is 12.6 Å². The molecule has 0 saturated carbocycles. The SMILES string of the molecule is CC(=O)N[C@H]1[C@@H](OCCCCCCCCCCCCS)O[C@H](CO)[C@@H](O[C@@H]2O[C@H](CO)[C@H](O)[C@H](O)[C@H]2O)[C@@H]1O. The molecule has 2 fully saturated rings. The molecule has 2 heterocycles. The van der Waals surface area contributed by atoms with Crippen molar-refractivity contribution in [2.75, 3.05) is 25.6 Å². The summed E-state index contributed by atoms with van der Waals surface area (Å²) in [6.45, 7) is 0.364. The van der Waals surface area contributed by atoms with Gasteiger partial charge in [-0.1, -0.05) is 51.4 Å². The maximum absolute atomic E-state index is 11.9. The lowest BCUT2D eigenvalue weighted by molar-refractivity contribution is -0.348. The minimum Gasteiger partial charge on any atom is -0.394 e. The van der Waals surface area contributed by atoms with Gasteiger partial charge in [0.2, 0.25) is 5.91 Å². The van der Waals surface area contributed by atoms with Crippen LogP contribution in [-0.4, -0.2) is 123 Å². The molecule has 2 saturated heterocycles. The van der Waals surface area contributed by atoms with Crippen molar-refractivity contribution in [3.8, 4) is 0 Å². The fourth-order valence-electron chi connectivity index (χ4n) is 4.93. The molecular weight excluding hydrogens is 534 g/mol. The normalized spacial score (nSPS) is 35.2. The first-order chi connectivity index (χ1) is 18.7. The van der Waals surface area contributed by atoms with Crippen LogP contribution in [0.15, 0.2) is 0 Å². The average molecular weight is 584 g/mol. The summed E-state index contributed by atoms with van der Waals surface area (Å²) in [5.41, 5.74) is 0. The highest BCUT2D eigenvalue weighted by Gasteiger charge is 2.51. The second kappa shape index (κ2) is 18.8. The van der Waals surface area contributed by atoms with E-state index in [-0.39, 0.29) is 0 Å². The van der Waals surface area contributed by atoms with Gasteiger partial charge in [0.05, 0.1) is 13.2 Å². The van der Waals surface area contributed by atoms with Gasteiger partial charge in [0, 0.05) is 13.5 Å². The smallest absolute Gasteiger partial charge is 0.217 e. The Labute approximate surface area is 236 Å². The average Bonchev–Trinajstić information content (AvgIpc) is 2.92. The first-order valence-corrected chi connectivity index (χ1v) is 14.8. The number of carbonyl (C=O) groups excluding carboxylic acids is 1. The van der Waals surface area contributed by atoms with E-state index in [1.165, 1.54) is 45.4 Å². The second-order valence-electron chi connectivity index (χ2n) is 10.4. The van der Waals surface area contributed by atoms with Crippen LogP contribution in [0.4, 0.5) is 0 Å². The van der Waals surface area contributed by atoms with Crippen molar-refractivity contribution >= 4 is 18.5 Å². The Balaban J connectivity index is 1.85. The zero-order valence-electron chi connectivity index (χ0n) is 22.8. The van der Waals surface area contributed by atoms with E-state index in [0.717, 1.165) is 31.4 Å². The lowest BCUT2D eigenvalue weighted by Gasteiger charge is -2.47. The molecule has 0 aromatic carbocycles. The molecule has 0 radical (unpaired) electrons. The van der Waals surface area contributed by atoms with Gasteiger partial charge in [0.1, 0.15) is 48.8 Å². The minimum absolute atomic E-state index is 0.327. The molecular formula is C26H49NO11S. The second-order valence-corrected chi connectivity index (χ2v) is 10.8. The van der Waals surface area contributed by atoms with Crippen LogP contribution in [0.3, 0.4) is 0 Å². The predicted molar refractivity (Wildman–Crippen MR) is 144 cm³/mol. The van der Waals surface area contributed by atoms with E-state index in [9.17, 15) is 35.4 Å². The third-order valence-electron chi connectivity index (χ3n) is 7.20. The number of nitrogens with one attached hydrogen (secondary N) is 1. The van der Waals surface area contributed by atoms with E-state index in [0.29, 0.717) is 6.61 Å². The van der Waals surface area contributed by atoms with E-state index >= 15 is 0 Å². The van der Waals surface area contributed by atoms with Gasteiger partial charge in [-0.15, -0.1) is 0 Å². The van der Waals surface area contributed by atoms with E-state index < -0.39 is 80.5 Å². The zero-order chi connectivity index (χ0) is 28.8. The molecule has 0 unspecified atom stereocenters. The molecule has 0 aromatic heterocycles. The highest BCUT2D eigenvalue weighted by molar-refractivity contribution is 7.80. The van der Waals surface area contributed by atoms with Gasteiger partial charge < -0.3 is 54.9 Å². The largest absolute Gasteiger partial charge is 0.394 e. The fourth-order valence-corrected chi connectivity index (χ4v) is 5.15. The summed E-state index contributed by atoms with van der Waals surface area (Å²) in [6.07, 6.45) is -1.29. The van der Waals surface area contributed by atoms with Gasteiger partial charge in [-0.25, -0.2) is 0 Å². The van der Waals surface area contributed by atoms with E-state index in [1.54, 1.807) is 0 Å². The Hall–Kier alpha value is -0.580. The zero-order valence-corrected chi connectivity index (χ0v) is 23.7. The summed E-state index contributed by atoms with van der Waals surface area (Å²) in [6, 6.07) is -1.05. The summed E-state index contributed by atoms with van der Waals surface area (Å²) in [7, 11) is 0. The predicted octanol–water partition coefficient (Wildman–Crippen LogP) is -0.398. The van der Waals surface area contributed by atoms with Gasteiger partial charge in [0.25, 0.3) is 0 Å². The third kappa shape index (κ3) is 11.0.